The molecule has 0 aliphatic heterocycles. The number of rotatable bonds is 4. The van der Waals surface area contributed by atoms with Gasteiger partial charge in [0.15, 0.2) is 17.5 Å². The number of nitrogens with zero attached hydrogens (tertiary/aromatic N) is 3. The van der Waals surface area contributed by atoms with E-state index in [9.17, 15) is 0 Å². The molecule has 9 aromatic carbocycles. The lowest BCUT2D eigenvalue weighted by molar-refractivity contribution is 0.794. The molecule has 0 saturated carbocycles. The number of aromatic nitrogens is 3. The van der Waals surface area contributed by atoms with Gasteiger partial charge in [-0.25, -0.2) is 15.0 Å². The van der Waals surface area contributed by atoms with Crippen LogP contribution in [0.1, 0.15) is 22.3 Å². The third-order valence-electron chi connectivity index (χ3n) is 12.8. The molecule has 3 nitrogen and oxygen atoms in total. The Labute approximate surface area is 351 Å². The Bertz CT molecular complexity index is 3480. The topological polar surface area (TPSA) is 38.7 Å². The van der Waals surface area contributed by atoms with Crippen LogP contribution in [-0.2, 0) is 5.41 Å². The highest BCUT2D eigenvalue weighted by Crippen LogP contribution is 2.63. The third kappa shape index (κ3) is 4.68. The van der Waals surface area contributed by atoms with Gasteiger partial charge in [-0.1, -0.05) is 188 Å². The van der Waals surface area contributed by atoms with Crippen molar-refractivity contribution in [3.05, 3.63) is 222 Å². The summed E-state index contributed by atoms with van der Waals surface area (Å²) in [4.78, 5) is 15.6. The second-order valence-electron chi connectivity index (χ2n) is 15.8. The fourth-order valence-electron chi connectivity index (χ4n) is 10.2. The summed E-state index contributed by atoms with van der Waals surface area (Å²) in [5.41, 5.74) is 15.1. The Morgan fingerprint density at radius 1 is 0.300 bits per heavy atom. The summed E-state index contributed by atoms with van der Waals surface area (Å²) in [5.74, 6) is 1.94. The Kier molecular flexibility index (Phi) is 7.10. The fourth-order valence-corrected chi connectivity index (χ4v) is 11.4. The van der Waals surface area contributed by atoms with E-state index in [1.807, 2.05) is 29.5 Å². The van der Waals surface area contributed by atoms with Crippen molar-refractivity contribution >= 4 is 42.3 Å². The SMILES string of the molecule is c1ccc(-c2nc(-c3ccc(-c4cccc5c4ccc4c6ccccc6sc54)cc3)nc(-c3ccc4c(c3)C3(c5ccccc5-c5ccccc53)c3ccccc3-4)n2)cc1. The number of thiophene rings is 1. The fraction of sp³-hybridized carbons (Fsp3) is 0.0179. The highest BCUT2D eigenvalue weighted by atomic mass is 32.1. The van der Waals surface area contributed by atoms with E-state index in [-0.39, 0.29) is 0 Å². The Morgan fingerprint density at radius 2 is 0.767 bits per heavy atom. The lowest BCUT2D eigenvalue weighted by atomic mass is 9.70. The first-order valence-corrected chi connectivity index (χ1v) is 21.3. The molecule has 4 heteroatoms. The van der Waals surface area contributed by atoms with Crippen LogP contribution in [-0.4, -0.2) is 15.0 Å². The van der Waals surface area contributed by atoms with Crippen molar-refractivity contribution in [1.29, 1.82) is 0 Å². The van der Waals surface area contributed by atoms with Crippen LogP contribution in [0.4, 0.5) is 0 Å². The van der Waals surface area contributed by atoms with E-state index in [1.54, 1.807) is 0 Å². The van der Waals surface area contributed by atoms with Gasteiger partial charge in [0.1, 0.15) is 0 Å². The van der Waals surface area contributed by atoms with Crippen molar-refractivity contribution in [2.45, 2.75) is 5.41 Å². The van der Waals surface area contributed by atoms with E-state index in [0.717, 1.165) is 22.3 Å². The molecule has 0 N–H and O–H groups in total. The summed E-state index contributed by atoms with van der Waals surface area (Å²) >= 11 is 1.87. The van der Waals surface area contributed by atoms with E-state index in [1.165, 1.54) is 81.0 Å². The van der Waals surface area contributed by atoms with Gasteiger partial charge in [-0.2, -0.15) is 0 Å². The van der Waals surface area contributed by atoms with E-state index < -0.39 is 5.41 Å². The Morgan fingerprint density at radius 3 is 1.45 bits per heavy atom. The van der Waals surface area contributed by atoms with Crippen molar-refractivity contribution in [3.8, 4) is 67.5 Å². The first-order chi connectivity index (χ1) is 29.7. The number of benzene rings is 9. The van der Waals surface area contributed by atoms with E-state index in [4.69, 9.17) is 15.0 Å². The van der Waals surface area contributed by atoms with Gasteiger partial charge in [0.2, 0.25) is 0 Å². The van der Waals surface area contributed by atoms with Gasteiger partial charge in [0.25, 0.3) is 0 Å². The third-order valence-corrected chi connectivity index (χ3v) is 14.0. The lowest BCUT2D eigenvalue weighted by Crippen LogP contribution is -2.25. The zero-order valence-corrected chi connectivity index (χ0v) is 33.1. The van der Waals surface area contributed by atoms with Crippen LogP contribution in [0.3, 0.4) is 0 Å². The average Bonchev–Trinajstić information content (AvgIpc) is 3.96. The minimum Gasteiger partial charge on any atom is -0.208 e. The Hall–Kier alpha value is -7.53. The molecule has 0 atom stereocenters. The highest BCUT2D eigenvalue weighted by Gasteiger charge is 2.51. The van der Waals surface area contributed by atoms with E-state index in [2.05, 4.69) is 182 Å². The van der Waals surface area contributed by atoms with Crippen molar-refractivity contribution in [1.82, 2.24) is 15.0 Å². The molecule has 278 valence electrons. The Balaban J connectivity index is 0.960. The minimum atomic E-state index is -0.451. The molecule has 2 heterocycles. The quantitative estimate of drug-likeness (QED) is 0.179. The predicted octanol–water partition coefficient (Wildman–Crippen LogP) is 14.4. The lowest BCUT2D eigenvalue weighted by Gasteiger charge is -2.30. The zero-order chi connectivity index (χ0) is 39.4. The van der Waals surface area contributed by atoms with Gasteiger partial charge < -0.3 is 0 Å². The molecule has 60 heavy (non-hydrogen) atoms. The van der Waals surface area contributed by atoms with Crippen molar-refractivity contribution in [2.24, 2.45) is 0 Å². The largest absolute Gasteiger partial charge is 0.208 e. The number of fused-ring (bicyclic) bond motifs is 15. The molecule has 0 unspecified atom stereocenters. The van der Waals surface area contributed by atoms with E-state index >= 15 is 0 Å². The van der Waals surface area contributed by atoms with Crippen LogP contribution < -0.4 is 0 Å². The maximum atomic E-state index is 5.26. The van der Waals surface area contributed by atoms with Crippen molar-refractivity contribution in [3.63, 3.8) is 0 Å². The van der Waals surface area contributed by atoms with Gasteiger partial charge in [-0.3, -0.25) is 0 Å². The first kappa shape index (κ1) is 33.4. The number of hydrogen-bond acceptors (Lipinski definition) is 4. The summed E-state index contributed by atoms with van der Waals surface area (Å²) in [5, 5.41) is 5.17. The van der Waals surface area contributed by atoms with Crippen LogP contribution in [0.5, 0.6) is 0 Å². The van der Waals surface area contributed by atoms with Crippen molar-refractivity contribution < 1.29 is 0 Å². The monoisotopic (exact) mass is 779 g/mol. The second-order valence-corrected chi connectivity index (χ2v) is 16.9. The molecule has 2 aliphatic carbocycles. The molecule has 11 aromatic rings. The molecular formula is C56H33N3S. The smallest absolute Gasteiger partial charge is 0.164 e. The molecule has 0 amide bonds. The summed E-state index contributed by atoms with van der Waals surface area (Å²) < 4.78 is 2.65. The van der Waals surface area contributed by atoms with Gasteiger partial charge in [-0.15, -0.1) is 11.3 Å². The summed E-state index contributed by atoms with van der Waals surface area (Å²) in [7, 11) is 0. The molecule has 0 bridgehead atoms. The highest BCUT2D eigenvalue weighted by molar-refractivity contribution is 7.26. The predicted molar refractivity (Wildman–Crippen MR) is 248 cm³/mol. The van der Waals surface area contributed by atoms with Gasteiger partial charge in [-0.05, 0) is 73.2 Å². The maximum absolute atomic E-state index is 5.26. The molecule has 2 aliphatic rings. The van der Waals surface area contributed by atoms with Crippen LogP contribution in [0, 0.1) is 0 Å². The average molecular weight is 780 g/mol. The van der Waals surface area contributed by atoms with Gasteiger partial charge >= 0.3 is 0 Å². The van der Waals surface area contributed by atoms with Crippen LogP contribution >= 0.6 is 11.3 Å². The summed E-state index contributed by atoms with van der Waals surface area (Å²) in [6.07, 6.45) is 0. The van der Waals surface area contributed by atoms with E-state index in [0.29, 0.717) is 17.5 Å². The minimum absolute atomic E-state index is 0.451. The molecule has 2 aromatic heterocycles. The number of hydrogen-bond donors (Lipinski definition) is 0. The second kappa shape index (κ2) is 12.7. The molecule has 0 saturated heterocycles. The molecule has 0 fully saturated rings. The van der Waals surface area contributed by atoms with Crippen LogP contribution in [0.25, 0.3) is 98.5 Å². The maximum Gasteiger partial charge on any atom is 0.164 e. The van der Waals surface area contributed by atoms with Gasteiger partial charge in [0.05, 0.1) is 5.41 Å². The molecule has 1 spiro atoms. The normalized spacial score (nSPS) is 13.1. The molecular weight excluding hydrogens is 747 g/mol. The zero-order valence-electron chi connectivity index (χ0n) is 32.3. The summed E-state index contributed by atoms with van der Waals surface area (Å²) in [6, 6.07) is 72.5. The van der Waals surface area contributed by atoms with Crippen LogP contribution in [0.15, 0.2) is 200 Å². The first-order valence-electron chi connectivity index (χ1n) is 20.4. The summed E-state index contributed by atoms with van der Waals surface area (Å²) in [6.45, 7) is 0. The molecule has 0 radical (unpaired) electrons. The van der Waals surface area contributed by atoms with Crippen molar-refractivity contribution in [2.75, 3.05) is 0 Å². The standard InChI is InChI=1S/C56H33N3S/c1-2-13-35(14-3-1)53-57-54(36-27-25-34(26-28-36)38-19-12-20-45-39(38)31-32-46-44-18-7-11-24-51(44)60-52(45)46)59-55(58-53)37-29-30-43-42-17-6-10-23-49(42)56(50(43)33-37)47-21-8-4-15-40(47)41-16-5-9-22-48(41)56/h1-33H. The van der Waals surface area contributed by atoms with Gasteiger partial charge in [0, 0.05) is 42.2 Å². The van der Waals surface area contributed by atoms with Crippen LogP contribution in [0.2, 0.25) is 0 Å². The molecule has 13 rings (SSSR count).